The highest BCUT2D eigenvalue weighted by Gasteiger charge is 2.25. The van der Waals surface area contributed by atoms with E-state index < -0.39 is 0 Å². The van der Waals surface area contributed by atoms with E-state index in [2.05, 4.69) is 12.0 Å². The average Bonchev–Trinajstić information content (AvgIpc) is 2.89. The molecule has 0 bridgehead atoms. The Bertz CT molecular complexity index is 913. The molecule has 22 heavy (non-hydrogen) atoms. The zero-order valence-electron chi connectivity index (χ0n) is 12.3. The molecular formula is C16H17N4OS+. The summed E-state index contributed by atoms with van der Waals surface area (Å²) in [6.07, 6.45) is 0.919. The Morgan fingerprint density at radius 3 is 2.86 bits per heavy atom. The maximum absolute atomic E-state index is 12.7. The number of hydrogen-bond donors (Lipinski definition) is 2. The van der Waals surface area contributed by atoms with Crippen molar-refractivity contribution in [2.75, 3.05) is 19.4 Å². The maximum atomic E-state index is 12.7. The molecule has 4 rings (SSSR count). The number of nitrogens with one attached hydrogen (secondary N) is 1. The largest absolute Gasteiger partial charge is 0.334 e. The zero-order valence-corrected chi connectivity index (χ0v) is 13.1. The molecule has 1 unspecified atom stereocenters. The third-order valence-corrected chi connectivity index (χ3v) is 5.36. The number of fused-ring (bicyclic) bond motifs is 3. The van der Waals surface area contributed by atoms with Crippen molar-refractivity contribution in [3.63, 3.8) is 0 Å². The number of nitrogen functional groups attached to an aromatic ring is 1. The zero-order chi connectivity index (χ0) is 15.3. The van der Waals surface area contributed by atoms with Crippen LogP contribution in [-0.4, -0.2) is 23.3 Å². The molecule has 0 aliphatic carbocycles. The second-order valence-electron chi connectivity index (χ2n) is 5.79. The van der Waals surface area contributed by atoms with Crippen LogP contribution >= 0.6 is 11.3 Å². The molecule has 3 N–H and O–H groups in total. The lowest BCUT2D eigenvalue weighted by Crippen LogP contribution is -3.08. The van der Waals surface area contributed by atoms with E-state index in [1.54, 1.807) is 11.3 Å². The molecular weight excluding hydrogens is 296 g/mol. The quantitative estimate of drug-likeness (QED) is 0.640. The number of likely N-dealkylation sites (N-methyl/N-ethyl adjacent to an activating group) is 1. The molecule has 0 saturated heterocycles. The predicted molar refractivity (Wildman–Crippen MR) is 88.6 cm³/mol. The number of hydrogen-bond acceptors (Lipinski definition) is 4. The first-order valence-corrected chi connectivity index (χ1v) is 8.16. The van der Waals surface area contributed by atoms with Crippen molar-refractivity contribution >= 4 is 21.6 Å². The maximum Gasteiger partial charge on any atom is 0.281 e. The summed E-state index contributed by atoms with van der Waals surface area (Å²) in [7, 11) is 2.18. The van der Waals surface area contributed by atoms with E-state index in [9.17, 15) is 4.79 Å². The van der Waals surface area contributed by atoms with Gasteiger partial charge in [-0.05, 0) is 5.56 Å². The third kappa shape index (κ3) is 1.95. The Morgan fingerprint density at radius 1 is 1.32 bits per heavy atom. The minimum atomic E-state index is -0.138. The van der Waals surface area contributed by atoms with Crippen LogP contribution in [-0.2, 0) is 13.0 Å². The fraction of sp³-hybridized carbons (Fsp3) is 0.250. The van der Waals surface area contributed by atoms with Crippen molar-refractivity contribution in [1.82, 2.24) is 9.66 Å². The molecule has 1 atom stereocenters. The number of nitrogens with two attached hydrogens (primary N) is 1. The molecule has 3 aromatic rings. The Labute approximate surface area is 131 Å². The molecule has 1 aromatic carbocycles. The van der Waals surface area contributed by atoms with E-state index in [0.29, 0.717) is 5.82 Å². The summed E-state index contributed by atoms with van der Waals surface area (Å²) in [5.41, 5.74) is 1.88. The van der Waals surface area contributed by atoms with Gasteiger partial charge >= 0.3 is 0 Å². The lowest BCUT2D eigenvalue weighted by Gasteiger charge is -2.19. The van der Waals surface area contributed by atoms with Crippen LogP contribution in [0.4, 0.5) is 0 Å². The molecule has 0 fully saturated rings. The van der Waals surface area contributed by atoms with Gasteiger partial charge in [-0.25, -0.2) is 9.66 Å². The van der Waals surface area contributed by atoms with Crippen LogP contribution in [0, 0.1) is 0 Å². The van der Waals surface area contributed by atoms with Crippen LogP contribution in [0.15, 0.2) is 35.1 Å². The molecule has 0 amide bonds. The van der Waals surface area contributed by atoms with Crippen molar-refractivity contribution in [2.24, 2.45) is 0 Å². The molecule has 5 nitrogen and oxygen atoms in total. The fourth-order valence-corrected chi connectivity index (χ4v) is 4.39. The topological polar surface area (TPSA) is 65.3 Å². The minimum absolute atomic E-state index is 0.138. The van der Waals surface area contributed by atoms with Gasteiger partial charge in [0.2, 0.25) is 0 Å². The Hall–Kier alpha value is -2.18. The number of nitrogens with zero attached hydrogens (tertiary/aromatic N) is 2. The highest BCUT2D eigenvalue weighted by atomic mass is 32.1. The summed E-state index contributed by atoms with van der Waals surface area (Å²) >= 11 is 1.63. The highest BCUT2D eigenvalue weighted by Crippen LogP contribution is 2.30. The second-order valence-corrected chi connectivity index (χ2v) is 6.88. The molecule has 0 radical (unpaired) electrons. The second kappa shape index (κ2) is 4.93. The van der Waals surface area contributed by atoms with Gasteiger partial charge in [-0.1, -0.05) is 30.3 Å². The summed E-state index contributed by atoms with van der Waals surface area (Å²) in [6.45, 7) is 2.00. The number of thiophene rings is 1. The van der Waals surface area contributed by atoms with Gasteiger partial charge in [0.15, 0.2) is 5.82 Å². The van der Waals surface area contributed by atoms with Gasteiger partial charge in [0, 0.05) is 12.0 Å². The van der Waals surface area contributed by atoms with Crippen LogP contribution in [0.3, 0.4) is 0 Å². The lowest BCUT2D eigenvalue weighted by molar-refractivity contribution is -0.895. The Kier molecular flexibility index (Phi) is 3.02. The van der Waals surface area contributed by atoms with E-state index >= 15 is 0 Å². The van der Waals surface area contributed by atoms with Crippen LogP contribution in [0.2, 0.25) is 0 Å². The first-order chi connectivity index (χ1) is 10.6. The minimum Gasteiger partial charge on any atom is -0.334 e. The van der Waals surface area contributed by atoms with Gasteiger partial charge in [-0.15, -0.1) is 11.3 Å². The van der Waals surface area contributed by atoms with Gasteiger partial charge in [0.25, 0.3) is 5.56 Å². The normalized spacial score (nSPS) is 17.6. The van der Waals surface area contributed by atoms with E-state index in [4.69, 9.17) is 5.84 Å². The van der Waals surface area contributed by atoms with Crippen molar-refractivity contribution in [1.29, 1.82) is 0 Å². The standard InChI is InChI=1S/C16H16N4OS/c1-19-8-7-11-12(9-19)22-15-13(11)16(21)20(17)14(18-15)10-5-3-2-4-6-10/h2-6H,7-9,17H2,1H3/p+1. The van der Waals surface area contributed by atoms with E-state index in [1.807, 2.05) is 30.3 Å². The van der Waals surface area contributed by atoms with Gasteiger partial charge in [0.05, 0.1) is 23.9 Å². The number of benzene rings is 1. The summed E-state index contributed by atoms with van der Waals surface area (Å²) in [5.74, 6) is 6.57. The van der Waals surface area contributed by atoms with Crippen LogP contribution in [0.1, 0.15) is 10.4 Å². The Balaban J connectivity index is 2.00. The molecule has 3 heterocycles. The summed E-state index contributed by atoms with van der Waals surface area (Å²) in [4.78, 5) is 21.0. The monoisotopic (exact) mass is 313 g/mol. The smallest absolute Gasteiger partial charge is 0.281 e. The van der Waals surface area contributed by atoms with E-state index in [1.165, 1.54) is 14.5 Å². The van der Waals surface area contributed by atoms with Crippen molar-refractivity contribution in [3.8, 4) is 11.4 Å². The van der Waals surface area contributed by atoms with Crippen LogP contribution in [0.25, 0.3) is 21.6 Å². The summed E-state index contributed by atoms with van der Waals surface area (Å²) in [5, 5.41) is 0.717. The highest BCUT2D eigenvalue weighted by molar-refractivity contribution is 7.18. The SMILES string of the molecule is C[NH+]1CCc2c(sc3nc(-c4ccccc4)n(N)c(=O)c23)C1. The molecule has 2 aromatic heterocycles. The van der Waals surface area contributed by atoms with Crippen molar-refractivity contribution < 1.29 is 4.90 Å². The first-order valence-electron chi connectivity index (χ1n) is 7.34. The Morgan fingerprint density at radius 2 is 2.09 bits per heavy atom. The van der Waals surface area contributed by atoms with E-state index in [-0.39, 0.29) is 5.56 Å². The molecule has 112 valence electrons. The van der Waals surface area contributed by atoms with Gasteiger partial charge in [0.1, 0.15) is 11.4 Å². The first kappa shape index (κ1) is 13.5. The third-order valence-electron chi connectivity index (χ3n) is 4.24. The van der Waals surface area contributed by atoms with Crippen molar-refractivity contribution in [3.05, 3.63) is 51.1 Å². The van der Waals surface area contributed by atoms with Gasteiger partial charge in [-0.3, -0.25) is 4.79 Å². The molecule has 6 heteroatoms. The van der Waals surface area contributed by atoms with Crippen LogP contribution < -0.4 is 16.3 Å². The van der Waals surface area contributed by atoms with Gasteiger partial charge < -0.3 is 10.7 Å². The fourth-order valence-electron chi connectivity index (χ4n) is 3.06. The van der Waals surface area contributed by atoms with E-state index in [0.717, 1.165) is 40.9 Å². The lowest BCUT2D eigenvalue weighted by atomic mass is 10.1. The van der Waals surface area contributed by atoms with Crippen molar-refractivity contribution in [2.45, 2.75) is 13.0 Å². The average molecular weight is 313 g/mol. The van der Waals surface area contributed by atoms with Gasteiger partial charge in [-0.2, -0.15) is 0 Å². The molecule has 0 spiro atoms. The van der Waals surface area contributed by atoms with Crippen LogP contribution in [0.5, 0.6) is 0 Å². The molecule has 1 aliphatic rings. The molecule has 0 saturated carbocycles. The summed E-state index contributed by atoms with van der Waals surface area (Å²) < 4.78 is 1.19. The molecule has 1 aliphatic heterocycles. The number of aromatic nitrogens is 2. The predicted octanol–water partition coefficient (Wildman–Crippen LogP) is 0.410. The number of rotatable bonds is 1. The number of quaternary nitrogens is 1. The summed E-state index contributed by atoms with van der Waals surface area (Å²) in [6, 6.07) is 9.61.